The van der Waals surface area contributed by atoms with Crippen molar-refractivity contribution in [2.45, 2.75) is 45.9 Å². The molecule has 4 nitrogen and oxygen atoms in total. The average Bonchev–Trinajstić information content (AvgIpc) is 2.97. The highest BCUT2D eigenvalue weighted by atomic mass is 15.0. The molecule has 0 aromatic carbocycles. The van der Waals surface area contributed by atoms with Gasteiger partial charge >= 0.3 is 0 Å². The van der Waals surface area contributed by atoms with Crippen LogP contribution < -0.4 is 5.32 Å². The molecule has 0 aliphatic heterocycles. The van der Waals surface area contributed by atoms with E-state index in [1.54, 1.807) is 0 Å². The first-order chi connectivity index (χ1) is 8.74. The lowest BCUT2D eigenvalue weighted by Gasteiger charge is -2.06. The summed E-state index contributed by atoms with van der Waals surface area (Å²) in [5, 5.41) is 3.43. The quantitative estimate of drug-likeness (QED) is 0.813. The highest BCUT2D eigenvalue weighted by Gasteiger charge is 1.98. The predicted molar refractivity (Wildman–Crippen MR) is 73.3 cm³/mol. The molecule has 98 valence electrons. The molecule has 2 aromatic rings. The van der Waals surface area contributed by atoms with Crippen LogP contribution in [0.15, 0.2) is 37.2 Å². The summed E-state index contributed by atoms with van der Waals surface area (Å²) < 4.78 is 4.37. The molecule has 0 aliphatic carbocycles. The fourth-order valence-electron chi connectivity index (χ4n) is 1.91. The summed E-state index contributed by atoms with van der Waals surface area (Å²) in [6.07, 6.45) is 11.2. The molecule has 0 saturated carbocycles. The number of nitrogens with zero attached hydrogens (tertiary/aromatic N) is 3. The third kappa shape index (κ3) is 4.04. The third-order valence-corrected chi connectivity index (χ3v) is 2.92. The lowest BCUT2D eigenvalue weighted by Crippen LogP contribution is -2.21. The molecule has 0 aliphatic rings. The monoisotopic (exact) mass is 246 g/mol. The Balaban J connectivity index is 1.73. The summed E-state index contributed by atoms with van der Waals surface area (Å²) in [6.45, 7) is 7.37. The average molecular weight is 246 g/mol. The van der Waals surface area contributed by atoms with Crippen LogP contribution in [0.4, 0.5) is 0 Å². The van der Waals surface area contributed by atoms with Gasteiger partial charge in [-0.1, -0.05) is 13.8 Å². The van der Waals surface area contributed by atoms with Crippen molar-refractivity contribution in [1.82, 2.24) is 19.4 Å². The van der Waals surface area contributed by atoms with Gasteiger partial charge in [0.05, 0.1) is 6.33 Å². The first-order valence-electron chi connectivity index (χ1n) is 6.58. The second-order valence-electron chi connectivity index (χ2n) is 4.95. The van der Waals surface area contributed by atoms with Gasteiger partial charge in [0.1, 0.15) is 0 Å². The number of imidazole rings is 1. The topological polar surface area (TPSA) is 34.8 Å². The smallest absolute Gasteiger partial charge is 0.0945 e. The van der Waals surface area contributed by atoms with E-state index in [1.165, 1.54) is 5.56 Å². The normalized spacial score (nSPS) is 11.3. The molecule has 0 fully saturated rings. The van der Waals surface area contributed by atoms with Crippen LogP contribution in [0.3, 0.4) is 0 Å². The number of aryl methyl sites for hydroxylation is 2. The van der Waals surface area contributed by atoms with Gasteiger partial charge in [-0.05, 0) is 18.1 Å². The highest BCUT2D eigenvalue weighted by Crippen LogP contribution is 2.03. The van der Waals surface area contributed by atoms with Crippen LogP contribution in [0.1, 0.15) is 25.8 Å². The Morgan fingerprint density at radius 3 is 2.78 bits per heavy atom. The minimum absolute atomic E-state index is 0.537. The molecular weight excluding hydrogens is 224 g/mol. The molecule has 0 radical (unpaired) electrons. The largest absolute Gasteiger partial charge is 0.354 e. The lowest BCUT2D eigenvalue weighted by atomic mass is 10.3. The van der Waals surface area contributed by atoms with Gasteiger partial charge in [0.15, 0.2) is 0 Å². The van der Waals surface area contributed by atoms with Crippen molar-refractivity contribution in [3.05, 3.63) is 42.7 Å². The molecular formula is C14H22N4. The van der Waals surface area contributed by atoms with Crippen molar-refractivity contribution in [3.63, 3.8) is 0 Å². The van der Waals surface area contributed by atoms with E-state index in [-0.39, 0.29) is 0 Å². The number of hydrogen-bond acceptors (Lipinski definition) is 2. The summed E-state index contributed by atoms with van der Waals surface area (Å²) in [7, 11) is 0. The molecule has 2 aromatic heterocycles. The van der Waals surface area contributed by atoms with Crippen molar-refractivity contribution < 1.29 is 0 Å². The maximum Gasteiger partial charge on any atom is 0.0945 e. The minimum Gasteiger partial charge on any atom is -0.354 e. The molecule has 0 unspecified atom stereocenters. The van der Waals surface area contributed by atoms with Crippen molar-refractivity contribution >= 4 is 0 Å². The molecule has 0 amide bonds. The number of nitrogens with one attached hydrogen (secondary N) is 1. The Morgan fingerprint density at radius 1 is 1.22 bits per heavy atom. The Labute approximate surface area is 109 Å². The van der Waals surface area contributed by atoms with Crippen LogP contribution in [0.25, 0.3) is 0 Å². The van der Waals surface area contributed by atoms with Gasteiger partial charge in [0, 0.05) is 50.5 Å². The molecule has 1 N–H and O–H groups in total. The second-order valence-corrected chi connectivity index (χ2v) is 4.95. The van der Waals surface area contributed by atoms with Gasteiger partial charge in [0.2, 0.25) is 0 Å². The first-order valence-corrected chi connectivity index (χ1v) is 6.58. The first kappa shape index (κ1) is 12.9. The number of aromatic nitrogens is 3. The van der Waals surface area contributed by atoms with E-state index >= 15 is 0 Å². The van der Waals surface area contributed by atoms with Crippen molar-refractivity contribution in [2.75, 3.05) is 0 Å². The Bertz CT molecular complexity index is 442. The maximum atomic E-state index is 4.04. The van der Waals surface area contributed by atoms with Crippen LogP contribution >= 0.6 is 0 Å². The van der Waals surface area contributed by atoms with E-state index in [0.717, 1.165) is 26.1 Å². The minimum atomic E-state index is 0.537. The van der Waals surface area contributed by atoms with Crippen LogP contribution in [-0.2, 0) is 19.6 Å². The van der Waals surface area contributed by atoms with Crippen LogP contribution in [0.5, 0.6) is 0 Å². The van der Waals surface area contributed by atoms with Crippen molar-refractivity contribution in [3.8, 4) is 0 Å². The zero-order valence-corrected chi connectivity index (χ0v) is 11.2. The molecule has 18 heavy (non-hydrogen) atoms. The molecule has 0 atom stereocenters. The van der Waals surface area contributed by atoms with Crippen LogP contribution in [0, 0.1) is 0 Å². The molecule has 4 heteroatoms. The number of hydrogen-bond donors (Lipinski definition) is 1. The fourth-order valence-corrected chi connectivity index (χ4v) is 1.91. The van der Waals surface area contributed by atoms with Gasteiger partial charge in [-0.25, -0.2) is 4.98 Å². The van der Waals surface area contributed by atoms with Gasteiger partial charge in [-0.3, -0.25) is 0 Å². The maximum absolute atomic E-state index is 4.04. The predicted octanol–water partition coefficient (Wildman–Crippen LogP) is 2.27. The fraction of sp³-hybridized carbons (Fsp3) is 0.500. The summed E-state index contributed by atoms with van der Waals surface area (Å²) in [5.41, 5.74) is 1.35. The van der Waals surface area contributed by atoms with E-state index in [4.69, 9.17) is 0 Å². The van der Waals surface area contributed by atoms with E-state index in [0.29, 0.717) is 6.04 Å². The Morgan fingerprint density at radius 2 is 2.06 bits per heavy atom. The summed E-state index contributed by atoms with van der Waals surface area (Å²) in [5.74, 6) is 0. The van der Waals surface area contributed by atoms with Crippen molar-refractivity contribution in [2.24, 2.45) is 0 Å². The third-order valence-electron chi connectivity index (χ3n) is 2.92. The van der Waals surface area contributed by atoms with Crippen molar-refractivity contribution in [1.29, 1.82) is 0 Å². The standard InChI is InChI=1S/C14H22N4/c1-13(2)16-10-14-4-8-17(11-14)6-3-7-18-9-5-15-12-18/h4-5,8-9,11-13,16H,3,6-7,10H2,1-2H3. The molecule has 2 rings (SSSR count). The Kier molecular flexibility index (Phi) is 4.59. The molecule has 0 spiro atoms. The summed E-state index contributed by atoms with van der Waals surface area (Å²) in [6, 6.07) is 2.72. The Hall–Kier alpha value is -1.55. The highest BCUT2D eigenvalue weighted by molar-refractivity contribution is 5.09. The molecule has 0 saturated heterocycles. The van der Waals surface area contributed by atoms with Gasteiger partial charge in [-0.2, -0.15) is 0 Å². The number of rotatable bonds is 7. The summed E-state index contributed by atoms with van der Waals surface area (Å²) in [4.78, 5) is 4.04. The van der Waals surface area contributed by atoms with Gasteiger partial charge in [0.25, 0.3) is 0 Å². The molecule has 2 heterocycles. The van der Waals surface area contributed by atoms with E-state index in [1.807, 2.05) is 18.7 Å². The second kappa shape index (κ2) is 6.40. The van der Waals surface area contributed by atoms with Gasteiger partial charge < -0.3 is 14.5 Å². The zero-order valence-electron chi connectivity index (χ0n) is 11.2. The summed E-state index contributed by atoms with van der Waals surface area (Å²) >= 11 is 0. The zero-order chi connectivity index (χ0) is 12.8. The van der Waals surface area contributed by atoms with E-state index < -0.39 is 0 Å². The van der Waals surface area contributed by atoms with E-state index in [9.17, 15) is 0 Å². The lowest BCUT2D eigenvalue weighted by molar-refractivity contribution is 0.561. The van der Waals surface area contributed by atoms with Crippen LogP contribution in [0.2, 0.25) is 0 Å². The van der Waals surface area contributed by atoms with E-state index in [2.05, 4.69) is 51.7 Å². The molecule has 0 bridgehead atoms. The van der Waals surface area contributed by atoms with Crippen LogP contribution in [-0.4, -0.2) is 20.2 Å². The SMILES string of the molecule is CC(C)NCc1ccn(CCCn2ccnc2)c1. The van der Waals surface area contributed by atoms with Gasteiger partial charge in [-0.15, -0.1) is 0 Å².